The van der Waals surface area contributed by atoms with Crippen LogP contribution in [0.4, 0.5) is 0 Å². The zero-order valence-electron chi connectivity index (χ0n) is 10.8. The van der Waals surface area contributed by atoms with Gasteiger partial charge in [0.2, 0.25) is 0 Å². The van der Waals surface area contributed by atoms with Crippen molar-refractivity contribution < 1.29 is 5.11 Å². The summed E-state index contributed by atoms with van der Waals surface area (Å²) in [5.41, 5.74) is 4.69. The summed E-state index contributed by atoms with van der Waals surface area (Å²) in [5, 5.41) is 9.34. The summed E-state index contributed by atoms with van der Waals surface area (Å²) in [7, 11) is 0. The SMILES string of the molecule is CC(=CC(C)O)c1ccc(-c2ccccc2)cc1. The van der Waals surface area contributed by atoms with Crippen molar-refractivity contribution in [2.24, 2.45) is 0 Å². The maximum atomic E-state index is 9.34. The number of aliphatic hydroxyl groups excluding tert-OH is 1. The molecule has 0 spiro atoms. The van der Waals surface area contributed by atoms with Crippen LogP contribution in [0, 0.1) is 0 Å². The zero-order chi connectivity index (χ0) is 13.0. The molecule has 2 aromatic rings. The first-order valence-corrected chi connectivity index (χ1v) is 6.19. The lowest BCUT2D eigenvalue weighted by molar-refractivity contribution is 0.244. The smallest absolute Gasteiger partial charge is 0.0698 e. The fourth-order valence-electron chi connectivity index (χ4n) is 2.01. The third-order valence-corrected chi connectivity index (χ3v) is 2.94. The highest BCUT2D eigenvalue weighted by Gasteiger charge is 2.00. The highest BCUT2D eigenvalue weighted by atomic mass is 16.3. The molecule has 1 N–H and O–H groups in total. The van der Waals surface area contributed by atoms with Crippen LogP contribution in [0.15, 0.2) is 60.7 Å². The van der Waals surface area contributed by atoms with E-state index in [1.165, 1.54) is 11.1 Å². The summed E-state index contributed by atoms with van der Waals surface area (Å²) in [6.45, 7) is 3.78. The lowest BCUT2D eigenvalue weighted by Crippen LogP contribution is -1.94. The molecule has 18 heavy (non-hydrogen) atoms. The van der Waals surface area contributed by atoms with Gasteiger partial charge in [0.05, 0.1) is 6.10 Å². The minimum Gasteiger partial charge on any atom is -0.389 e. The van der Waals surface area contributed by atoms with E-state index < -0.39 is 6.10 Å². The van der Waals surface area contributed by atoms with Crippen molar-refractivity contribution >= 4 is 5.57 Å². The number of hydrogen-bond donors (Lipinski definition) is 1. The van der Waals surface area contributed by atoms with E-state index in [0.717, 1.165) is 11.1 Å². The van der Waals surface area contributed by atoms with Gasteiger partial charge >= 0.3 is 0 Å². The molecule has 0 heterocycles. The number of benzene rings is 2. The average molecular weight is 238 g/mol. The van der Waals surface area contributed by atoms with Gasteiger partial charge in [-0.05, 0) is 36.1 Å². The predicted molar refractivity (Wildman–Crippen MR) is 77.2 cm³/mol. The van der Waals surface area contributed by atoms with Crippen molar-refractivity contribution in [3.05, 3.63) is 66.2 Å². The second-order valence-corrected chi connectivity index (χ2v) is 4.53. The molecule has 0 saturated heterocycles. The summed E-state index contributed by atoms with van der Waals surface area (Å²) in [6.07, 6.45) is 1.45. The molecule has 2 aromatic carbocycles. The Labute approximate surface area is 108 Å². The second-order valence-electron chi connectivity index (χ2n) is 4.53. The monoisotopic (exact) mass is 238 g/mol. The fraction of sp³-hybridized carbons (Fsp3) is 0.176. The molecule has 0 saturated carbocycles. The Bertz CT molecular complexity index is 521. The standard InChI is InChI=1S/C17H18O/c1-13(12-14(2)18)15-8-10-17(11-9-15)16-6-4-3-5-7-16/h3-12,14,18H,1-2H3. The van der Waals surface area contributed by atoms with Gasteiger partial charge < -0.3 is 5.11 Å². The van der Waals surface area contributed by atoms with E-state index in [1.54, 1.807) is 6.92 Å². The molecule has 0 aliphatic carbocycles. The quantitative estimate of drug-likeness (QED) is 0.852. The van der Waals surface area contributed by atoms with Gasteiger partial charge in [0.1, 0.15) is 0 Å². The molecule has 0 radical (unpaired) electrons. The van der Waals surface area contributed by atoms with Crippen molar-refractivity contribution in [3.63, 3.8) is 0 Å². The number of aliphatic hydroxyl groups is 1. The molecule has 2 rings (SSSR count). The molecule has 1 heteroatoms. The molecule has 0 aromatic heterocycles. The third kappa shape index (κ3) is 3.08. The van der Waals surface area contributed by atoms with Crippen molar-refractivity contribution in [2.45, 2.75) is 20.0 Å². The highest BCUT2D eigenvalue weighted by molar-refractivity contribution is 5.69. The maximum Gasteiger partial charge on any atom is 0.0698 e. The normalized spacial score (nSPS) is 13.4. The molecule has 1 nitrogen and oxygen atoms in total. The number of hydrogen-bond acceptors (Lipinski definition) is 1. The fourth-order valence-corrected chi connectivity index (χ4v) is 2.01. The van der Waals surface area contributed by atoms with Crippen LogP contribution in [0.5, 0.6) is 0 Å². The third-order valence-electron chi connectivity index (χ3n) is 2.94. The highest BCUT2D eigenvalue weighted by Crippen LogP contribution is 2.22. The van der Waals surface area contributed by atoms with Gasteiger partial charge in [0.25, 0.3) is 0 Å². The summed E-state index contributed by atoms with van der Waals surface area (Å²) in [6, 6.07) is 18.7. The van der Waals surface area contributed by atoms with Crippen LogP contribution in [0.1, 0.15) is 19.4 Å². The minimum absolute atomic E-state index is 0.404. The first-order valence-electron chi connectivity index (χ1n) is 6.19. The van der Waals surface area contributed by atoms with Crippen molar-refractivity contribution in [1.82, 2.24) is 0 Å². The number of allylic oxidation sites excluding steroid dienone is 1. The Kier molecular flexibility index (Phi) is 3.96. The minimum atomic E-state index is -0.404. The van der Waals surface area contributed by atoms with Gasteiger partial charge in [-0.25, -0.2) is 0 Å². The van der Waals surface area contributed by atoms with Crippen LogP contribution in [0.3, 0.4) is 0 Å². The van der Waals surface area contributed by atoms with E-state index in [-0.39, 0.29) is 0 Å². The van der Waals surface area contributed by atoms with E-state index in [1.807, 2.05) is 31.2 Å². The Morgan fingerprint density at radius 2 is 1.50 bits per heavy atom. The Balaban J connectivity index is 2.26. The van der Waals surface area contributed by atoms with Crippen LogP contribution in [0.25, 0.3) is 16.7 Å². The second kappa shape index (κ2) is 5.65. The number of rotatable bonds is 3. The van der Waals surface area contributed by atoms with Crippen molar-refractivity contribution in [2.75, 3.05) is 0 Å². The van der Waals surface area contributed by atoms with Gasteiger partial charge in [-0.3, -0.25) is 0 Å². The van der Waals surface area contributed by atoms with Crippen LogP contribution < -0.4 is 0 Å². The molecule has 92 valence electrons. The van der Waals surface area contributed by atoms with Gasteiger partial charge in [-0.2, -0.15) is 0 Å². The maximum absolute atomic E-state index is 9.34. The predicted octanol–water partition coefficient (Wildman–Crippen LogP) is 4.14. The van der Waals surface area contributed by atoms with E-state index in [4.69, 9.17) is 0 Å². The topological polar surface area (TPSA) is 20.2 Å². The van der Waals surface area contributed by atoms with Gasteiger partial charge in [-0.1, -0.05) is 60.7 Å². The zero-order valence-corrected chi connectivity index (χ0v) is 10.8. The van der Waals surface area contributed by atoms with Crippen molar-refractivity contribution in [3.8, 4) is 11.1 Å². The van der Waals surface area contributed by atoms with Crippen LogP contribution in [0.2, 0.25) is 0 Å². The Morgan fingerprint density at radius 3 is 2.06 bits per heavy atom. The molecule has 1 atom stereocenters. The molecule has 0 amide bonds. The first kappa shape index (κ1) is 12.6. The molecular formula is C17H18O. The van der Waals surface area contributed by atoms with E-state index in [2.05, 4.69) is 36.4 Å². The van der Waals surface area contributed by atoms with Crippen LogP contribution in [-0.2, 0) is 0 Å². The van der Waals surface area contributed by atoms with E-state index >= 15 is 0 Å². The molecule has 1 unspecified atom stereocenters. The molecule has 0 aliphatic rings. The van der Waals surface area contributed by atoms with Crippen LogP contribution in [-0.4, -0.2) is 11.2 Å². The lowest BCUT2D eigenvalue weighted by Gasteiger charge is -2.06. The summed E-state index contributed by atoms with van der Waals surface area (Å²) in [5.74, 6) is 0. The van der Waals surface area contributed by atoms with E-state index in [0.29, 0.717) is 0 Å². The molecular weight excluding hydrogens is 220 g/mol. The first-order chi connectivity index (χ1) is 8.66. The summed E-state index contributed by atoms with van der Waals surface area (Å²) >= 11 is 0. The Hall–Kier alpha value is -1.86. The lowest BCUT2D eigenvalue weighted by atomic mass is 10.0. The van der Waals surface area contributed by atoms with Gasteiger partial charge in [-0.15, -0.1) is 0 Å². The molecule has 0 aliphatic heterocycles. The largest absolute Gasteiger partial charge is 0.389 e. The Morgan fingerprint density at radius 1 is 0.944 bits per heavy atom. The average Bonchev–Trinajstić information content (AvgIpc) is 2.39. The van der Waals surface area contributed by atoms with Gasteiger partial charge in [0, 0.05) is 0 Å². The van der Waals surface area contributed by atoms with Crippen LogP contribution >= 0.6 is 0 Å². The van der Waals surface area contributed by atoms with Gasteiger partial charge in [0.15, 0.2) is 0 Å². The van der Waals surface area contributed by atoms with Crippen molar-refractivity contribution in [1.29, 1.82) is 0 Å². The summed E-state index contributed by atoms with van der Waals surface area (Å²) in [4.78, 5) is 0. The molecule has 0 bridgehead atoms. The van der Waals surface area contributed by atoms with E-state index in [9.17, 15) is 5.11 Å². The molecule has 0 fully saturated rings. The summed E-state index contributed by atoms with van der Waals surface area (Å²) < 4.78 is 0.